The number of thiophene rings is 1. The van der Waals surface area contributed by atoms with Gasteiger partial charge < -0.3 is 0 Å². The fraction of sp³-hybridized carbons (Fsp3) is 0. The molecule has 0 bridgehead atoms. The van der Waals surface area contributed by atoms with Crippen molar-refractivity contribution in [1.82, 2.24) is 0 Å². The molecule has 1 aromatic rings. The number of nitro groups is 2. The van der Waals surface area contributed by atoms with Crippen LogP contribution in [0.15, 0.2) is 10.8 Å². The molecule has 1 rings (SSSR count). The minimum atomic E-state index is -0.769. The van der Waals surface area contributed by atoms with Crippen molar-refractivity contribution in [2.45, 2.75) is 0 Å². The van der Waals surface area contributed by atoms with E-state index in [-0.39, 0.29) is 0 Å². The maximum absolute atomic E-state index is 10.1. The molecular formula is C4H2N2O4S. The molecule has 11 heavy (non-hydrogen) atoms. The first-order chi connectivity index (χ1) is 5.13. The molecule has 58 valence electrons. The highest BCUT2D eigenvalue weighted by atomic mass is 32.1. The molecule has 1 heterocycles. The molecule has 0 unspecified atom stereocenters. The van der Waals surface area contributed by atoms with Gasteiger partial charge in [0, 0.05) is 0 Å². The fourth-order valence-corrected chi connectivity index (χ4v) is 1.30. The maximum Gasteiger partial charge on any atom is 0.356 e. The Morgan fingerprint density at radius 1 is 1.09 bits per heavy atom. The molecule has 0 saturated heterocycles. The van der Waals surface area contributed by atoms with Crippen molar-refractivity contribution in [1.29, 1.82) is 0 Å². The third kappa shape index (κ3) is 1.32. The first kappa shape index (κ1) is 7.61. The third-order valence-electron chi connectivity index (χ3n) is 1.02. The monoisotopic (exact) mass is 174 g/mol. The summed E-state index contributed by atoms with van der Waals surface area (Å²) in [5.41, 5.74) is -0.889. The Morgan fingerprint density at radius 2 is 1.45 bits per heavy atom. The SMILES string of the molecule is O=[N+]([O-])c1cscc1[N+](=O)[O-]. The Balaban J connectivity index is 3.16. The molecule has 0 aliphatic rings. The summed E-state index contributed by atoms with van der Waals surface area (Å²) in [6.45, 7) is 0. The molecule has 7 heteroatoms. The summed E-state index contributed by atoms with van der Waals surface area (Å²) >= 11 is 0.940. The molecular weight excluding hydrogens is 172 g/mol. The van der Waals surface area contributed by atoms with Gasteiger partial charge >= 0.3 is 11.4 Å². The van der Waals surface area contributed by atoms with Crippen LogP contribution in [-0.4, -0.2) is 9.85 Å². The van der Waals surface area contributed by atoms with Crippen molar-refractivity contribution in [3.63, 3.8) is 0 Å². The van der Waals surface area contributed by atoms with Crippen LogP contribution in [0.2, 0.25) is 0 Å². The second-order valence-electron chi connectivity index (χ2n) is 1.66. The molecule has 0 saturated carbocycles. The molecule has 0 N–H and O–H groups in total. The van der Waals surface area contributed by atoms with Crippen molar-refractivity contribution in [3.8, 4) is 0 Å². The lowest BCUT2D eigenvalue weighted by Gasteiger charge is -1.84. The van der Waals surface area contributed by atoms with Gasteiger partial charge in [0.05, 0.1) is 20.6 Å². The van der Waals surface area contributed by atoms with E-state index in [1.165, 1.54) is 0 Å². The van der Waals surface area contributed by atoms with Gasteiger partial charge in [-0.15, -0.1) is 11.3 Å². The van der Waals surface area contributed by atoms with Gasteiger partial charge in [0.2, 0.25) is 0 Å². The summed E-state index contributed by atoms with van der Waals surface area (Å²) in [6, 6.07) is 0. The summed E-state index contributed by atoms with van der Waals surface area (Å²) in [6.07, 6.45) is 0. The average molecular weight is 174 g/mol. The van der Waals surface area contributed by atoms with Crippen molar-refractivity contribution in [2.75, 3.05) is 0 Å². The molecule has 0 aliphatic carbocycles. The lowest BCUT2D eigenvalue weighted by Crippen LogP contribution is -1.91. The van der Waals surface area contributed by atoms with E-state index in [4.69, 9.17) is 0 Å². The molecule has 0 amide bonds. The predicted octanol–water partition coefficient (Wildman–Crippen LogP) is 1.56. The molecule has 6 nitrogen and oxygen atoms in total. The Kier molecular flexibility index (Phi) is 1.81. The summed E-state index contributed by atoms with van der Waals surface area (Å²) < 4.78 is 0. The maximum atomic E-state index is 10.1. The number of nitrogens with zero attached hydrogens (tertiary/aromatic N) is 2. The molecule has 0 aliphatic heterocycles. The Morgan fingerprint density at radius 3 is 1.73 bits per heavy atom. The number of hydrogen-bond donors (Lipinski definition) is 0. The van der Waals surface area contributed by atoms with Crippen LogP contribution < -0.4 is 0 Å². The molecule has 1 aromatic heterocycles. The Labute approximate surface area is 64.4 Å². The van der Waals surface area contributed by atoms with Gasteiger partial charge in [-0.1, -0.05) is 0 Å². The van der Waals surface area contributed by atoms with Gasteiger partial charge in [-0.25, -0.2) is 0 Å². The van der Waals surface area contributed by atoms with Crippen molar-refractivity contribution in [2.24, 2.45) is 0 Å². The number of rotatable bonds is 2. The number of hydrogen-bond acceptors (Lipinski definition) is 5. The standard InChI is InChI=1S/C4H2N2O4S/c7-5(8)3-1-11-2-4(3)6(9)10/h1-2H. The normalized spacial score (nSPS) is 9.45. The largest absolute Gasteiger partial charge is 0.356 e. The van der Waals surface area contributed by atoms with E-state index in [1.54, 1.807) is 0 Å². The van der Waals surface area contributed by atoms with Crippen molar-refractivity contribution < 1.29 is 9.85 Å². The second-order valence-corrected chi connectivity index (χ2v) is 2.40. The van der Waals surface area contributed by atoms with E-state index >= 15 is 0 Å². The first-order valence-electron chi connectivity index (χ1n) is 2.48. The molecule has 0 fully saturated rings. The first-order valence-corrected chi connectivity index (χ1v) is 3.42. The molecule has 0 radical (unpaired) electrons. The van der Waals surface area contributed by atoms with E-state index in [0.717, 1.165) is 22.1 Å². The van der Waals surface area contributed by atoms with Gasteiger partial charge in [0.15, 0.2) is 0 Å². The minimum Gasteiger partial charge on any atom is -0.258 e. The zero-order valence-electron chi connectivity index (χ0n) is 5.09. The molecule has 0 atom stereocenters. The van der Waals surface area contributed by atoms with Crippen molar-refractivity contribution >= 4 is 22.7 Å². The second kappa shape index (κ2) is 2.62. The molecule has 0 aromatic carbocycles. The topological polar surface area (TPSA) is 86.3 Å². The third-order valence-corrected chi connectivity index (χ3v) is 1.73. The highest BCUT2D eigenvalue weighted by molar-refractivity contribution is 7.08. The van der Waals surface area contributed by atoms with Crippen LogP contribution in [0.4, 0.5) is 11.4 Å². The lowest BCUT2D eigenvalue weighted by molar-refractivity contribution is -0.421. The van der Waals surface area contributed by atoms with E-state index in [2.05, 4.69) is 0 Å². The summed E-state index contributed by atoms with van der Waals surface area (Å²) in [5, 5.41) is 22.5. The highest BCUT2D eigenvalue weighted by Gasteiger charge is 2.24. The summed E-state index contributed by atoms with van der Waals surface area (Å²) in [7, 11) is 0. The average Bonchev–Trinajstić information content (AvgIpc) is 2.32. The smallest absolute Gasteiger partial charge is 0.258 e. The molecule has 0 spiro atoms. The van der Waals surface area contributed by atoms with Crippen LogP contribution in [0.1, 0.15) is 0 Å². The fourth-order valence-electron chi connectivity index (χ4n) is 0.557. The van der Waals surface area contributed by atoms with Crippen LogP contribution in [0.3, 0.4) is 0 Å². The lowest BCUT2D eigenvalue weighted by atomic mass is 10.5. The van der Waals surface area contributed by atoms with Crippen LogP contribution in [0, 0.1) is 20.2 Å². The van der Waals surface area contributed by atoms with E-state index in [0.29, 0.717) is 0 Å². The van der Waals surface area contributed by atoms with Gasteiger partial charge in [-0.2, -0.15) is 0 Å². The van der Waals surface area contributed by atoms with Gasteiger partial charge in [-0.05, 0) is 0 Å². The van der Waals surface area contributed by atoms with Crippen LogP contribution in [-0.2, 0) is 0 Å². The van der Waals surface area contributed by atoms with Gasteiger partial charge in [0.1, 0.15) is 0 Å². The minimum absolute atomic E-state index is 0.444. The zero-order valence-corrected chi connectivity index (χ0v) is 5.91. The van der Waals surface area contributed by atoms with Gasteiger partial charge in [-0.3, -0.25) is 20.2 Å². The van der Waals surface area contributed by atoms with Crippen LogP contribution in [0.5, 0.6) is 0 Å². The van der Waals surface area contributed by atoms with E-state index in [1.807, 2.05) is 0 Å². The van der Waals surface area contributed by atoms with E-state index < -0.39 is 21.2 Å². The summed E-state index contributed by atoms with van der Waals surface area (Å²) in [4.78, 5) is 18.7. The quantitative estimate of drug-likeness (QED) is 0.502. The summed E-state index contributed by atoms with van der Waals surface area (Å²) in [5.74, 6) is 0. The van der Waals surface area contributed by atoms with Gasteiger partial charge in [0.25, 0.3) is 0 Å². The van der Waals surface area contributed by atoms with Crippen LogP contribution in [0.25, 0.3) is 0 Å². The predicted molar refractivity (Wildman–Crippen MR) is 37.6 cm³/mol. The zero-order chi connectivity index (χ0) is 8.43. The highest BCUT2D eigenvalue weighted by Crippen LogP contribution is 2.29. The Bertz CT molecular complexity index is 278. The van der Waals surface area contributed by atoms with E-state index in [9.17, 15) is 20.2 Å². The van der Waals surface area contributed by atoms with Crippen molar-refractivity contribution in [3.05, 3.63) is 31.0 Å². The van der Waals surface area contributed by atoms with Crippen LogP contribution >= 0.6 is 11.3 Å². The Hall–Kier alpha value is -1.50.